The van der Waals surface area contributed by atoms with Crippen LogP contribution in [0.4, 0.5) is 23.2 Å². The molecule has 0 unspecified atom stereocenters. The van der Waals surface area contributed by atoms with Crippen LogP contribution in [0.2, 0.25) is 0 Å². The summed E-state index contributed by atoms with van der Waals surface area (Å²) in [6.45, 7) is 4.28. The molecule has 0 aliphatic heterocycles. The zero-order valence-corrected chi connectivity index (χ0v) is 18.3. The first-order valence-electron chi connectivity index (χ1n) is 10.3. The van der Waals surface area contributed by atoms with E-state index >= 15 is 0 Å². The molecule has 0 saturated heterocycles. The van der Waals surface area contributed by atoms with Gasteiger partial charge in [-0.2, -0.15) is 0 Å². The van der Waals surface area contributed by atoms with Gasteiger partial charge in [0.1, 0.15) is 23.1 Å². The monoisotopic (exact) mass is 461 g/mol. The molecule has 174 valence electrons. The van der Waals surface area contributed by atoms with Crippen LogP contribution < -0.4 is 10.1 Å². The van der Waals surface area contributed by atoms with Crippen LogP contribution in [0.5, 0.6) is 5.75 Å². The zero-order chi connectivity index (χ0) is 24.1. The molecular weight excluding hydrogens is 438 g/mol. The summed E-state index contributed by atoms with van der Waals surface area (Å²) in [6, 6.07) is 11.1. The molecule has 0 aromatic heterocycles. The van der Waals surface area contributed by atoms with Crippen molar-refractivity contribution in [3.63, 3.8) is 0 Å². The van der Waals surface area contributed by atoms with Crippen LogP contribution in [-0.2, 0) is 9.53 Å². The van der Waals surface area contributed by atoms with Crippen LogP contribution in [0.25, 0.3) is 11.1 Å². The largest absolute Gasteiger partial charge is 0.479 e. The van der Waals surface area contributed by atoms with Crippen molar-refractivity contribution < 1.29 is 31.8 Å². The highest BCUT2D eigenvalue weighted by molar-refractivity contribution is 5.71. The molecule has 3 aromatic carbocycles. The van der Waals surface area contributed by atoms with Crippen LogP contribution in [0, 0.1) is 23.3 Å². The van der Waals surface area contributed by atoms with Gasteiger partial charge in [-0.1, -0.05) is 18.2 Å². The highest BCUT2D eigenvalue weighted by Gasteiger charge is 2.20. The molecule has 1 atom stereocenters. The number of carbonyl (C=O) groups excluding carboxylic acids is 1. The van der Waals surface area contributed by atoms with Gasteiger partial charge < -0.3 is 14.8 Å². The SMILES string of the molecule is CC(C)OC(=O)COc1ccc(F)c(N[C@H](C)c2cc(-c3cccc(F)c3)ccc2F)c1F. The number of nitrogens with one attached hydrogen (secondary N) is 1. The molecule has 0 heterocycles. The van der Waals surface area contributed by atoms with Crippen molar-refractivity contribution in [3.8, 4) is 16.9 Å². The lowest BCUT2D eigenvalue weighted by Gasteiger charge is -2.19. The highest BCUT2D eigenvalue weighted by atomic mass is 19.1. The molecule has 0 radical (unpaired) electrons. The van der Waals surface area contributed by atoms with E-state index in [0.29, 0.717) is 11.1 Å². The minimum absolute atomic E-state index is 0.127. The summed E-state index contributed by atoms with van der Waals surface area (Å²) in [6.07, 6.45) is -0.365. The van der Waals surface area contributed by atoms with E-state index in [2.05, 4.69) is 5.32 Å². The summed E-state index contributed by atoms with van der Waals surface area (Å²) in [7, 11) is 0. The van der Waals surface area contributed by atoms with Crippen molar-refractivity contribution in [1.29, 1.82) is 0 Å². The summed E-state index contributed by atoms with van der Waals surface area (Å²) in [5, 5.41) is 2.63. The molecule has 0 aliphatic rings. The van der Waals surface area contributed by atoms with Gasteiger partial charge in [-0.3, -0.25) is 0 Å². The minimum Gasteiger partial charge on any atom is -0.479 e. The number of benzene rings is 3. The third-order valence-electron chi connectivity index (χ3n) is 4.75. The second-order valence-electron chi connectivity index (χ2n) is 7.67. The Morgan fingerprint density at radius 1 is 0.909 bits per heavy atom. The van der Waals surface area contributed by atoms with Crippen LogP contribution in [-0.4, -0.2) is 18.7 Å². The quantitative estimate of drug-likeness (QED) is 0.311. The van der Waals surface area contributed by atoms with Crippen molar-refractivity contribution in [2.45, 2.75) is 32.9 Å². The number of hydrogen-bond donors (Lipinski definition) is 1. The second kappa shape index (κ2) is 10.4. The van der Waals surface area contributed by atoms with Gasteiger partial charge in [-0.05, 0) is 68.3 Å². The van der Waals surface area contributed by atoms with Crippen molar-refractivity contribution in [2.24, 2.45) is 0 Å². The number of anilines is 1. The van der Waals surface area contributed by atoms with Gasteiger partial charge in [0.05, 0.1) is 12.1 Å². The van der Waals surface area contributed by atoms with Gasteiger partial charge in [-0.15, -0.1) is 0 Å². The number of rotatable bonds is 8. The van der Waals surface area contributed by atoms with Crippen LogP contribution in [0.1, 0.15) is 32.4 Å². The molecule has 3 rings (SSSR count). The number of halogens is 4. The average Bonchev–Trinajstić information content (AvgIpc) is 2.75. The van der Waals surface area contributed by atoms with E-state index < -0.39 is 47.6 Å². The Bertz CT molecular complexity index is 1150. The highest BCUT2D eigenvalue weighted by Crippen LogP contribution is 2.32. The Morgan fingerprint density at radius 3 is 2.30 bits per heavy atom. The maximum atomic E-state index is 14.9. The van der Waals surface area contributed by atoms with Crippen molar-refractivity contribution in [3.05, 3.63) is 83.4 Å². The summed E-state index contributed by atoms with van der Waals surface area (Å²) < 4.78 is 67.4. The maximum Gasteiger partial charge on any atom is 0.344 e. The Morgan fingerprint density at radius 2 is 1.61 bits per heavy atom. The predicted molar refractivity (Wildman–Crippen MR) is 117 cm³/mol. The summed E-state index contributed by atoms with van der Waals surface area (Å²) >= 11 is 0. The molecule has 0 aliphatic carbocycles. The van der Waals surface area contributed by atoms with Gasteiger partial charge in [0, 0.05) is 5.56 Å². The molecule has 0 fully saturated rings. The molecule has 0 saturated carbocycles. The van der Waals surface area contributed by atoms with Gasteiger partial charge in [0.2, 0.25) is 0 Å². The van der Waals surface area contributed by atoms with Crippen LogP contribution in [0.15, 0.2) is 54.6 Å². The standard InChI is InChI=1S/C25H23F4NO3/c1-14(2)33-23(31)13-32-22-10-9-21(28)25(24(22)29)30-15(3)19-12-17(7-8-20(19)27)16-5-4-6-18(26)11-16/h4-12,14-15,30H,13H2,1-3H3/t15-/m1/s1. The predicted octanol–water partition coefficient (Wildman–Crippen LogP) is 6.41. The van der Waals surface area contributed by atoms with Gasteiger partial charge in [-0.25, -0.2) is 22.4 Å². The second-order valence-corrected chi connectivity index (χ2v) is 7.67. The van der Waals surface area contributed by atoms with Crippen molar-refractivity contribution in [1.82, 2.24) is 0 Å². The van der Waals surface area contributed by atoms with E-state index in [1.807, 2.05) is 0 Å². The van der Waals surface area contributed by atoms with E-state index in [4.69, 9.17) is 9.47 Å². The molecule has 0 bridgehead atoms. The summed E-state index contributed by atoms with van der Waals surface area (Å²) in [5.41, 5.74) is 0.668. The average molecular weight is 461 g/mol. The lowest BCUT2D eigenvalue weighted by molar-refractivity contribution is -0.149. The molecule has 1 N–H and O–H groups in total. The topological polar surface area (TPSA) is 47.6 Å². The molecule has 0 amide bonds. The summed E-state index contributed by atoms with van der Waals surface area (Å²) in [4.78, 5) is 11.6. The normalized spacial score (nSPS) is 11.9. The third-order valence-corrected chi connectivity index (χ3v) is 4.75. The van der Waals surface area contributed by atoms with Gasteiger partial charge in [0.25, 0.3) is 0 Å². The van der Waals surface area contributed by atoms with E-state index in [1.165, 1.54) is 43.3 Å². The van der Waals surface area contributed by atoms with Crippen LogP contribution in [0.3, 0.4) is 0 Å². The number of carbonyl (C=O) groups is 1. The smallest absolute Gasteiger partial charge is 0.344 e. The Labute approximate surface area is 189 Å². The fourth-order valence-corrected chi connectivity index (χ4v) is 3.23. The molecule has 4 nitrogen and oxygen atoms in total. The third kappa shape index (κ3) is 6.03. The lowest BCUT2D eigenvalue weighted by Crippen LogP contribution is -2.19. The van der Waals surface area contributed by atoms with Crippen LogP contribution >= 0.6 is 0 Å². The van der Waals surface area contributed by atoms with E-state index in [0.717, 1.165) is 12.1 Å². The first kappa shape index (κ1) is 24.1. The molecule has 3 aromatic rings. The molecule has 33 heavy (non-hydrogen) atoms. The van der Waals surface area contributed by atoms with E-state index in [9.17, 15) is 22.4 Å². The molecular formula is C25H23F4NO3. The first-order valence-corrected chi connectivity index (χ1v) is 10.3. The van der Waals surface area contributed by atoms with E-state index in [1.54, 1.807) is 19.9 Å². The number of hydrogen-bond acceptors (Lipinski definition) is 4. The number of esters is 1. The van der Waals surface area contributed by atoms with Gasteiger partial charge >= 0.3 is 5.97 Å². The maximum absolute atomic E-state index is 14.9. The van der Waals surface area contributed by atoms with Crippen molar-refractivity contribution >= 4 is 11.7 Å². The fraction of sp³-hybridized carbons (Fsp3) is 0.240. The number of ether oxygens (including phenoxy) is 2. The van der Waals surface area contributed by atoms with Crippen molar-refractivity contribution in [2.75, 3.05) is 11.9 Å². The minimum atomic E-state index is -1.07. The molecule has 0 spiro atoms. The molecule has 8 heteroatoms. The Hall–Kier alpha value is -3.55. The Kier molecular flexibility index (Phi) is 7.58. The lowest BCUT2D eigenvalue weighted by atomic mass is 9.99. The zero-order valence-electron chi connectivity index (χ0n) is 18.3. The fourth-order valence-electron chi connectivity index (χ4n) is 3.23. The first-order chi connectivity index (χ1) is 15.7. The van der Waals surface area contributed by atoms with E-state index in [-0.39, 0.29) is 17.4 Å². The van der Waals surface area contributed by atoms with Gasteiger partial charge in [0.15, 0.2) is 18.2 Å². The summed E-state index contributed by atoms with van der Waals surface area (Å²) in [5.74, 6) is -4.09. The Balaban J connectivity index is 1.83.